The summed E-state index contributed by atoms with van der Waals surface area (Å²) < 4.78 is 68.0. The van der Waals surface area contributed by atoms with Gasteiger partial charge in [-0.1, -0.05) is 29.8 Å². The fraction of sp³-hybridized carbons (Fsp3) is 0.182. The molecule has 0 fully saturated rings. The molecule has 0 amide bonds. The molecule has 11 heteroatoms. The molecule has 3 aromatic rings. The smallest absolute Gasteiger partial charge is 0.293 e. The van der Waals surface area contributed by atoms with E-state index in [-0.39, 0.29) is 10.5 Å². The molecule has 1 N–H and O–H groups in total. The molecule has 1 aromatic carbocycles. The average Bonchev–Trinajstić information content (AvgIpc) is 2.98. The van der Waals surface area contributed by atoms with Crippen molar-refractivity contribution in [2.75, 3.05) is 0 Å². The lowest BCUT2D eigenvalue weighted by molar-refractivity contribution is -0.180. The van der Waals surface area contributed by atoms with Crippen molar-refractivity contribution < 1.29 is 21.6 Å². The van der Waals surface area contributed by atoms with Crippen molar-refractivity contribution >= 4 is 38.4 Å². The van der Waals surface area contributed by atoms with E-state index in [1.165, 1.54) is 30.5 Å². The monoisotopic (exact) mass is 492 g/mol. The van der Waals surface area contributed by atoms with Crippen LogP contribution in [0.15, 0.2) is 59.7 Å². The average molecular weight is 493 g/mol. The number of allylic oxidation sites excluding steroid dienone is 4. The van der Waals surface area contributed by atoms with E-state index in [9.17, 15) is 26.9 Å². The number of aromatic nitrogens is 2. The topological polar surface area (TPSA) is 87.8 Å². The van der Waals surface area contributed by atoms with Crippen molar-refractivity contribution in [3.63, 3.8) is 0 Å². The molecule has 170 valence electrons. The highest BCUT2D eigenvalue weighted by Crippen LogP contribution is 2.38. The molecule has 0 saturated carbocycles. The van der Waals surface area contributed by atoms with Gasteiger partial charge in [-0.05, 0) is 44.2 Å². The fourth-order valence-corrected chi connectivity index (χ4v) is 4.91. The summed E-state index contributed by atoms with van der Waals surface area (Å²) in [6.07, 6.45) is 2.14. The van der Waals surface area contributed by atoms with Crippen LogP contribution in [-0.4, -0.2) is 29.7 Å². The normalized spacial score (nSPS) is 14.2. The summed E-state index contributed by atoms with van der Waals surface area (Å²) >= 11 is 6.07. The number of hydrogen-bond acceptors (Lipinski definition) is 4. The lowest BCUT2D eigenvalue weighted by Crippen LogP contribution is -2.54. The summed E-state index contributed by atoms with van der Waals surface area (Å²) in [6, 6.07) is 9.03. The third-order valence-electron chi connectivity index (χ3n) is 5.22. The van der Waals surface area contributed by atoms with Crippen molar-refractivity contribution in [2.24, 2.45) is 0 Å². The Morgan fingerprint density at radius 1 is 1.18 bits per heavy atom. The Morgan fingerprint density at radius 2 is 1.82 bits per heavy atom. The van der Waals surface area contributed by atoms with Gasteiger partial charge >= 0.3 is 6.18 Å². The summed E-state index contributed by atoms with van der Waals surface area (Å²) in [6.45, 7) is 1.49. The van der Waals surface area contributed by atoms with E-state index in [0.29, 0.717) is 27.3 Å². The fourth-order valence-electron chi connectivity index (χ4n) is 3.35. The molecule has 0 aliphatic heterocycles. The maximum atomic E-state index is 13.2. The van der Waals surface area contributed by atoms with Crippen molar-refractivity contribution in [1.82, 2.24) is 14.3 Å². The number of sulfonamides is 1. The summed E-state index contributed by atoms with van der Waals surface area (Å²) in [5, 5.41) is 10.7. The first-order valence-corrected chi connectivity index (χ1v) is 11.4. The second kappa shape index (κ2) is 7.73. The van der Waals surface area contributed by atoms with Crippen LogP contribution >= 0.6 is 11.6 Å². The lowest BCUT2D eigenvalue weighted by Gasteiger charge is -2.28. The molecule has 0 atom stereocenters. The van der Waals surface area contributed by atoms with E-state index in [1.807, 2.05) is 18.2 Å². The lowest BCUT2D eigenvalue weighted by atomic mass is 10.1. The number of benzene rings is 1. The van der Waals surface area contributed by atoms with Crippen molar-refractivity contribution in [1.29, 1.82) is 5.26 Å². The molecule has 2 heterocycles. The standard InChI is InChI=1S/C22H16ClF3N4O2S/c1-21(2,22(24,25)26)29-33(31,32)16-8-6-13(7-9-16)19-18(11-27)17-10-14(23)12-28-20(17)30(19)15-4-3-5-15/h3-10,12,29H,1-2H3. The Hall–Kier alpha value is -3.13. The number of nitrogens with one attached hydrogen (secondary N) is 1. The molecule has 0 radical (unpaired) electrons. The molecule has 0 spiro atoms. The minimum Gasteiger partial charge on any atom is -0.293 e. The predicted molar refractivity (Wildman–Crippen MR) is 119 cm³/mol. The Bertz CT molecular complexity index is 1480. The van der Waals surface area contributed by atoms with Crippen LogP contribution in [0.4, 0.5) is 13.2 Å². The molecule has 2 aromatic heterocycles. The molecule has 1 aliphatic carbocycles. The highest BCUT2D eigenvalue weighted by atomic mass is 35.5. The zero-order chi connectivity index (χ0) is 24.2. The van der Waals surface area contributed by atoms with Crippen LogP contribution in [0.3, 0.4) is 0 Å². The first-order valence-electron chi connectivity index (χ1n) is 9.56. The second-order valence-corrected chi connectivity index (χ2v) is 10.0. The van der Waals surface area contributed by atoms with Crippen LogP contribution in [0.25, 0.3) is 28.0 Å². The Balaban J connectivity index is 1.82. The Kier molecular flexibility index (Phi) is 5.40. The molecule has 0 bridgehead atoms. The Labute approximate surface area is 192 Å². The van der Waals surface area contributed by atoms with Crippen LogP contribution in [0.1, 0.15) is 19.4 Å². The number of fused-ring (bicyclic) bond motifs is 1. The number of nitrogens with zero attached hydrogens (tertiary/aromatic N) is 3. The first-order chi connectivity index (χ1) is 15.4. The van der Waals surface area contributed by atoms with Gasteiger partial charge in [-0.15, -0.1) is 0 Å². The van der Waals surface area contributed by atoms with Gasteiger partial charge in [-0.2, -0.15) is 23.2 Å². The number of nitriles is 1. The SMILES string of the molecule is CC(C)(NS(=O)(=O)c1ccc(-c2c(C#N)c3cc(Cl)cnc3n2C2=CC=C2)cc1)C(F)(F)F. The van der Waals surface area contributed by atoms with E-state index in [0.717, 1.165) is 19.5 Å². The van der Waals surface area contributed by atoms with Gasteiger partial charge in [0.05, 0.1) is 21.2 Å². The van der Waals surface area contributed by atoms with Gasteiger partial charge in [0, 0.05) is 22.8 Å². The third kappa shape index (κ3) is 3.93. The van der Waals surface area contributed by atoms with Gasteiger partial charge in [0.25, 0.3) is 0 Å². The van der Waals surface area contributed by atoms with E-state index in [2.05, 4.69) is 11.1 Å². The Morgan fingerprint density at radius 3 is 2.33 bits per heavy atom. The number of halogens is 4. The van der Waals surface area contributed by atoms with Gasteiger partial charge in [-0.3, -0.25) is 4.57 Å². The zero-order valence-corrected chi connectivity index (χ0v) is 18.8. The van der Waals surface area contributed by atoms with Gasteiger partial charge < -0.3 is 0 Å². The quantitative estimate of drug-likeness (QED) is 0.526. The van der Waals surface area contributed by atoms with Gasteiger partial charge in [0.2, 0.25) is 10.0 Å². The largest absolute Gasteiger partial charge is 0.407 e. The summed E-state index contributed by atoms with van der Waals surface area (Å²) in [4.78, 5) is 4.01. The predicted octanol–water partition coefficient (Wildman–Crippen LogP) is 5.26. The van der Waals surface area contributed by atoms with Crippen LogP contribution in [0.5, 0.6) is 0 Å². The van der Waals surface area contributed by atoms with E-state index < -0.39 is 21.7 Å². The third-order valence-corrected chi connectivity index (χ3v) is 7.09. The molecular formula is C22H16ClF3N4O2S. The maximum absolute atomic E-state index is 13.2. The second-order valence-electron chi connectivity index (χ2n) is 7.90. The van der Waals surface area contributed by atoms with Crippen LogP contribution in [0.2, 0.25) is 5.02 Å². The van der Waals surface area contributed by atoms with Crippen LogP contribution in [-0.2, 0) is 10.0 Å². The molecule has 0 unspecified atom stereocenters. The van der Waals surface area contributed by atoms with E-state index in [1.54, 1.807) is 15.4 Å². The maximum Gasteiger partial charge on any atom is 0.407 e. The molecule has 6 nitrogen and oxygen atoms in total. The zero-order valence-electron chi connectivity index (χ0n) is 17.3. The number of alkyl halides is 3. The molecule has 33 heavy (non-hydrogen) atoms. The first kappa shape index (κ1) is 23.0. The minimum atomic E-state index is -4.78. The van der Waals surface area contributed by atoms with Gasteiger partial charge in [0.1, 0.15) is 17.3 Å². The number of pyridine rings is 1. The van der Waals surface area contributed by atoms with Crippen molar-refractivity contribution in [2.45, 2.75) is 30.5 Å². The van der Waals surface area contributed by atoms with Crippen LogP contribution < -0.4 is 4.72 Å². The van der Waals surface area contributed by atoms with Crippen molar-refractivity contribution in [3.05, 3.63) is 65.3 Å². The molecule has 4 rings (SSSR count). The van der Waals surface area contributed by atoms with Crippen molar-refractivity contribution in [3.8, 4) is 17.3 Å². The van der Waals surface area contributed by atoms with E-state index in [4.69, 9.17) is 11.6 Å². The summed E-state index contributed by atoms with van der Waals surface area (Å²) in [5.74, 6) is 0. The summed E-state index contributed by atoms with van der Waals surface area (Å²) in [5.41, 5.74) is -0.170. The summed E-state index contributed by atoms with van der Waals surface area (Å²) in [7, 11) is -4.46. The number of hydrogen-bond donors (Lipinski definition) is 1. The molecular weight excluding hydrogens is 477 g/mol. The minimum absolute atomic E-state index is 0.285. The molecule has 1 aliphatic rings. The van der Waals surface area contributed by atoms with E-state index >= 15 is 0 Å². The number of rotatable bonds is 5. The molecule has 0 saturated heterocycles. The van der Waals surface area contributed by atoms with Gasteiger partial charge in [0.15, 0.2) is 0 Å². The van der Waals surface area contributed by atoms with Gasteiger partial charge in [-0.25, -0.2) is 13.4 Å². The highest BCUT2D eigenvalue weighted by Gasteiger charge is 2.49. The highest BCUT2D eigenvalue weighted by molar-refractivity contribution is 7.89. The van der Waals surface area contributed by atoms with Crippen LogP contribution in [0, 0.1) is 11.3 Å².